The average Bonchev–Trinajstić information content (AvgIpc) is 3.51. The molecule has 0 radical (unpaired) electrons. The van der Waals surface area contributed by atoms with Crippen molar-refractivity contribution in [1.29, 1.82) is 0 Å². The number of hydrogen-bond donors (Lipinski definition) is 1. The van der Waals surface area contributed by atoms with Gasteiger partial charge >= 0.3 is 5.91 Å². The zero-order chi connectivity index (χ0) is 27.8. The first kappa shape index (κ1) is 25.5. The molecular weight excluding hydrogens is 520 g/mol. The van der Waals surface area contributed by atoms with E-state index in [9.17, 15) is 14.7 Å². The molecule has 4 aromatic carbocycles. The van der Waals surface area contributed by atoms with Gasteiger partial charge in [0.05, 0.1) is 21.8 Å². The van der Waals surface area contributed by atoms with Gasteiger partial charge in [0.1, 0.15) is 18.1 Å². The van der Waals surface area contributed by atoms with E-state index in [0.29, 0.717) is 28.6 Å². The summed E-state index contributed by atoms with van der Waals surface area (Å²) in [4.78, 5) is 33.3. The third-order valence-electron chi connectivity index (χ3n) is 6.96. The fourth-order valence-corrected chi connectivity index (χ4v) is 6.21. The number of aromatic nitrogens is 1. The fraction of sp³-hybridized carbons (Fsp3) is 0.121. The average molecular weight is 547 g/mol. The van der Waals surface area contributed by atoms with E-state index in [1.165, 1.54) is 16.2 Å². The number of ether oxygens (including phenoxy) is 1. The predicted octanol–water partition coefficient (Wildman–Crippen LogP) is 7.12. The number of Topliss-reactive ketones (excluding diaryl/α,β-unsaturated/α-hetero) is 1. The summed E-state index contributed by atoms with van der Waals surface area (Å²) in [5, 5.41) is 11.7. The number of aryl methyl sites for hydroxylation is 2. The van der Waals surface area contributed by atoms with E-state index in [-0.39, 0.29) is 11.3 Å². The van der Waals surface area contributed by atoms with Crippen molar-refractivity contribution < 1.29 is 19.4 Å². The van der Waals surface area contributed by atoms with Gasteiger partial charge in [0.2, 0.25) is 0 Å². The van der Waals surface area contributed by atoms with Crippen molar-refractivity contribution in [3.05, 3.63) is 130 Å². The molecule has 1 saturated heterocycles. The molecular formula is C33H26N2O4S. The topological polar surface area (TPSA) is 79.7 Å². The van der Waals surface area contributed by atoms with E-state index in [1.54, 1.807) is 24.3 Å². The first-order chi connectivity index (χ1) is 19.4. The van der Waals surface area contributed by atoms with Crippen molar-refractivity contribution >= 4 is 44.1 Å². The Hall–Kier alpha value is -4.75. The van der Waals surface area contributed by atoms with Gasteiger partial charge in [-0.2, -0.15) is 0 Å². The summed E-state index contributed by atoms with van der Waals surface area (Å²) in [6.07, 6.45) is 0. The molecule has 1 atom stereocenters. The van der Waals surface area contributed by atoms with E-state index in [2.05, 4.69) is 0 Å². The lowest BCUT2D eigenvalue weighted by Gasteiger charge is -2.23. The van der Waals surface area contributed by atoms with Gasteiger partial charge in [-0.15, -0.1) is 0 Å². The minimum atomic E-state index is -0.856. The molecule has 1 aliphatic heterocycles. The smallest absolute Gasteiger partial charge is 0.301 e. The van der Waals surface area contributed by atoms with Crippen LogP contribution in [-0.4, -0.2) is 21.8 Å². The van der Waals surface area contributed by atoms with E-state index < -0.39 is 17.7 Å². The van der Waals surface area contributed by atoms with Crippen LogP contribution < -0.4 is 9.64 Å². The number of thiazole rings is 1. The number of carbonyl (C=O) groups excluding carboxylic acids is 2. The number of rotatable bonds is 6. The number of benzene rings is 4. The predicted molar refractivity (Wildman–Crippen MR) is 158 cm³/mol. The molecule has 0 aliphatic carbocycles. The van der Waals surface area contributed by atoms with Crippen LogP contribution in [0.3, 0.4) is 0 Å². The highest BCUT2D eigenvalue weighted by molar-refractivity contribution is 7.22. The standard InChI is InChI=1S/C33H26N2O4S/c1-20-17-21(2)28-26(18-20)40-33(34-28)35-29(27(31(37)32(35)38)30(36)24-11-7-4-8-12-24)23-13-15-25(16-14-23)39-19-22-9-5-3-6-10-22/h3-18,29,36H,19H2,1-2H3/b30-27+. The highest BCUT2D eigenvalue weighted by Crippen LogP contribution is 2.45. The maximum Gasteiger partial charge on any atom is 0.301 e. The van der Waals surface area contributed by atoms with Gasteiger partial charge in [0.15, 0.2) is 5.13 Å². The second kappa shape index (κ2) is 10.4. The fourth-order valence-electron chi connectivity index (χ4n) is 5.05. The molecule has 7 heteroatoms. The van der Waals surface area contributed by atoms with Crippen LogP contribution in [0, 0.1) is 13.8 Å². The molecule has 1 aromatic heterocycles. The van der Waals surface area contributed by atoms with E-state index >= 15 is 0 Å². The quantitative estimate of drug-likeness (QED) is 0.139. The molecule has 1 N–H and O–H groups in total. The number of aliphatic hydroxyl groups excluding tert-OH is 1. The van der Waals surface area contributed by atoms with E-state index in [0.717, 1.165) is 26.9 Å². The summed E-state index contributed by atoms with van der Waals surface area (Å²) < 4.78 is 6.88. The molecule has 6 rings (SSSR count). The van der Waals surface area contributed by atoms with Crippen molar-refractivity contribution in [2.45, 2.75) is 26.5 Å². The van der Waals surface area contributed by atoms with Crippen LogP contribution >= 0.6 is 11.3 Å². The van der Waals surface area contributed by atoms with Crippen molar-refractivity contribution in [2.75, 3.05) is 4.90 Å². The van der Waals surface area contributed by atoms with Crippen LogP contribution in [0.4, 0.5) is 5.13 Å². The summed E-state index contributed by atoms with van der Waals surface area (Å²) >= 11 is 1.36. The van der Waals surface area contributed by atoms with Gasteiger partial charge in [-0.3, -0.25) is 14.5 Å². The SMILES string of the molecule is Cc1cc(C)c2nc(N3C(=O)C(=O)/C(=C(/O)c4ccccc4)C3c3ccc(OCc4ccccc4)cc3)sc2c1. The molecule has 198 valence electrons. The number of carbonyl (C=O) groups is 2. The Morgan fingerprint density at radius 3 is 2.30 bits per heavy atom. The van der Waals surface area contributed by atoms with Gasteiger partial charge < -0.3 is 9.84 Å². The zero-order valence-electron chi connectivity index (χ0n) is 22.0. The lowest BCUT2D eigenvalue weighted by atomic mass is 9.95. The Morgan fingerprint density at radius 1 is 0.925 bits per heavy atom. The number of hydrogen-bond acceptors (Lipinski definition) is 6. The number of fused-ring (bicyclic) bond motifs is 1. The monoisotopic (exact) mass is 546 g/mol. The largest absolute Gasteiger partial charge is 0.507 e. The summed E-state index contributed by atoms with van der Waals surface area (Å²) in [6, 6.07) is 29.2. The third kappa shape index (κ3) is 4.65. The lowest BCUT2D eigenvalue weighted by molar-refractivity contribution is -0.132. The van der Waals surface area contributed by atoms with Crippen molar-refractivity contribution in [3.8, 4) is 5.75 Å². The number of amides is 1. The van der Waals surface area contributed by atoms with Crippen LogP contribution in [0.2, 0.25) is 0 Å². The minimum absolute atomic E-state index is 0.0290. The van der Waals surface area contributed by atoms with Gasteiger partial charge in [-0.25, -0.2) is 4.98 Å². The Kier molecular flexibility index (Phi) is 6.66. The minimum Gasteiger partial charge on any atom is -0.507 e. The number of anilines is 1. The van der Waals surface area contributed by atoms with Crippen molar-refractivity contribution in [3.63, 3.8) is 0 Å². The van der Waals surface area contributed by atoms with Gasteiger partial charge in [-0.1, -0.05) is 90.2 Å². The van der Waals surface area contributed by atoms with Crippen molar-refractivity contribution in [1.82, 2.24) is 4.98 Å². The van der Waals surface area contributed by atoms with E-state index in [4.69, 9.17) is 9.72 Å². The molecule has 1 aliphatic rings. The van der Waals surface area contributed by atoms with Gasteiger partial charge in [0.25, 0.3) is 5.78 Å². The van der Waals surface area contributed by atoms with Crippen LogP contribution in [0.1, 0.15) is 33.9 Å². The highest BCUT2D eigenvalue weighted by Gasteiger charge is 2.48. The highest BCUT2D eigenvalue weighted by atomic mass is 32.1. The maximum absolute atomic E-state index is 13.6. The van der Waals surface area contributed by atoms with Gasteiger partial charge in [0, 0.05) is 5.56 Å². The van der Waals surface area contributed by atoms with Gasteiger partial charge in [-0.05, 0) is 54.3 Å². The molecule has 2 heterocycles. The normalized spacial score (nSPS) is 16.6. The summed E-state index contributed by atoms with van der Waals surface area (Å²) in [5.41, 5.74) is 5.08. The molecule has 1 fully saturated rings. The molecule has 40 heavy (non-hydrogen) atoms. The second-order valence-electron chi connectivity index (χ2n) is 9.80. The Bertz CT molecular complexity index is 1760. The summed E-state index contributed by atoms with van der Waals surface area (Å²) in [5.74, 6) is -1.04. The molecule has 6 nitrogen and oxygen atoms in total. The van der Waals surface area contributed by atoms with Crippen LogP contribution in [0.25, 0.3) is 16.0 Å². The molecule has 5 aromatic rings. The summed E-state index contributed by atoms with van der Waals surface area (Å²) in [6.45, 7) is 4.41. The molecule has 0 saturated carbocycles. The first-order valence-corrected chi connectivity index (χ1v) is 13.7. The number of ketones is 1. The molecule has 0 bridgehead atoms. The zero-order valence-corrected chi connectivity index (χ0v) is 22.8. The number of aliphatic hydroxyl groups is 1. The molecule has 0 spiro atoms. The maximum atomic E-state index is 13.6. The van der Waals surface area contributed by atoms with E-state index in [1.807, 2.05) is 86.6 Å². The Morgan fingerprint density at radius 2 is 1.60 bits per heavy atom. The second-order valence-corrected chi connectivity index (χ2v) is 10.8. The Labute approximate surface area is 235 Å². The summed E-state index contributed by atoms with van der Waals surface area (Å²) in [7, 11) is 0. The van der Waals surface area contributed by atoms with Crippen LogP contribution in [0.15, 0.2) is 103 Å². The lowest BCUT2D eigenvalue weighted by Crippen LogP contribution is -2.29. The van der Waals surface area contributed by atoms with Crippen molar-refractivity contribution in [2.24, 2.45) is 0 Å². The Balaban J connectivity index is 1.44. The molecule has 1 amide bonds. The van der Waals surface area contributed by atoms with Crippen LogP contribution in [-0.2, 0) is 16.2 Å². The first-order valence-electron chi connectivity index (χ1n) is 12.9. The van der Waals surface area contributed by atoms with Crippen LogP contribution in [0.5, 0.6) is 5.75 Å². The molecule has 1 unspecified atom stereocenters. The third-order valence-corrected chi connectivity index (χ3v) is 7.96. The number of nitrogens with zero attached hydrogens (tertiary/aromatic N) is 2.